The van der Waals surface area contributed by atoms with Gasteiger partial charge in [0.15, 0.2) is 0 Å². The number of ether oxygens (including phenoxy) is 1. The number of benzene rings is 1. The molecule has 2 rings (SSSR count). The van der Waals surface area contributed by atoms with Crippen molar-refractivity contribution in [1.29, 1.82) is 0 Å². The number of hydrogen-bond acceptors (Lipinski definition) is 3. The third-order valence-corrected chi connectivity index (χ3v) is 4.54. The molecule has 0 aliphatic heterocycles. The Morgan fingerprint density at radius 2 is 1.88 bits per heavy atom. The quantitative estimate of drug-likeness (QED) is 0.674. The molecule has 25 heavy (non-hydrogen) atoms. The van der Waals surface area contributed by atoms with E-state index >= 15 is 0 Å². The number of hydrogen-bond donors (Lipinski definition) is 3. The molecule has 2 amide bonds. The topological polar surface area (TPSA) is 87.7 Å². The number of rotatable bonds is 8. The zero-order valence-corrected chi connectivity index (χ0v) is 14.7. The first kappa shape index (κ1) is 19.2. The van der Waals surface area contributed by atoms with Crippen molar-refractivity contribution in [2.75, 3.05) is 13.2 Å². The molecule has 1 aliphatic carbocycles. The van der Waals surface area contributed by atoms with E-state index in [0.717, 1.165) is 18.4 Å². The van der Waals surface area contributed by atoms with Crippen LogP contribution in [0.2, 0.25) is 0 Å². The lowest BCUT2D eigenvalue weighted by Gasteiger charge is -2.27. The van der Waals surface area contributed by atoms with E-state index in [1.54, 1.807) is 0 Å². The van der Waals surface area contributed by atoms with Crippen molar-refractivity contribution in [3.8, 4) is 0 Å². The molecule has 0 aromatic heterocycles. The van der Waals surface area contributed by atoms with Gasteiger partial charge in [-0.25, -0.2) is 4.79 Å². The molecule has 6 heteroatoms. The number of carboxylic acid groups (broad SMARTS) is 1. The third kappa shape index (κ3) is 7.13. The lowest BCUT2D eigenvalue weighted by molar-refractivity contribution is -0.142. The Bertz CT molecular complexity index is 542. The van der Waals surface area contributed by atoms with Crippen molar-refractivity contribution in [2.45, 2.75) is 45.3 Å². The Morgan fingerprint density at radius 3 is 2.52 bits per heavy atom. The molecule has 138 valence electrons. The fourth-order valence-electron chi connectivity index (χ4n) is 3.00. The highest BCUT2D eigenvalue weighted by molar-refractivity contribution is 5.74. The first-order valence-electron chi connectivity index (χ1n) is 8.93. The van der Waals surface area contributed by atoms with Crippen LogP contribution in [0.3, 0.4) is 0 Å². The van der Waals surface area contributed by atoms with Gasteiger partial charge in [-0.15, -0.1) is 0 Å². The van der Waals surface area contributed by atoms with Gasteiger partial charge >= 0.3 is 12.0 Å². The molecular weight excluding hydrogens is 320 g/mol. The average molecular weight is 348 g/mol. The molecular formula is C19H28N2O4. The van der Waals surface area contributed by atoms with Gasteiger partial charge in [0.05, 0.1) is 19.1 Å². The van der Waals surface area contributed by atoms with E-state index in [2.05, 4.69) is 10.6 Å². The van der Waals surface area contributed by atoms with Gasteiger partial charge in [-0.3, -0.25) is 4.79 Å². The Labute approximate surface area is 149 Å². The normalized spacial score (nSPS) is 21.3. The SMILES string of the molecule is CC(CNC(=O)NC1CCC(C(=O)O)CC1)COCc1ccccc1. The van der Waals surface area contributed by atoms with Crippen LogP contribution in [0.5, 0.6) is 0 Å². The summed E-state index contributed by atoms with van der Waals surface area (Å²) in [6.45, 7) is 3.73. The molecule has 1 aliphatic rings. The van der Waals surface area contributed by atoms with Crippen LogP contribution >= 0.6 is 0 Å². The van der Waals surface area contributed by atoms with Crippen LogP contribution in [0.1, 0.15) is 38.2 Å². The summed E-state index contributed by atoms with van der Waals surface area (Å²) >= 11 is 0. The maximum atomic E-state index is 11.9. The summed E-state index contributed by atoms with van der Waals surface area (Å²) in [4.78, 5) is 22.9. The van der Waals surface area contributed by atoms with Crippen LogP contribution in [0.4, 0.5) is 4.79 Å². The Balaban J connectivity index is 1.56. The Kier molecular flexibility index (Phi) is 7.73. The maximum absolute atomic E-state index is 11.9. The average Bonchev–Trinajstić information content (AvgIpc) is 2.61. The van der Waals surface area contributed by atoms with Crippen LogP contribution in [-0.4, -0.2) is 36.3 Å². The predicted octanol–water partition coefficient (Wildman–Crippen LogP) is 2.78. The number of urea groups is 1. The van der Waals surface area contributed by atoms with Gasteiger partial charge in [-0.05, 0) is 37.2 Å². The van der Waals surface area contributed by atoms with Crippen molar-refractivity contribution < 1.29 is 19.4 Å². The summed E-state index contributed by atoms with van der Waals surface area (Å²) < 4.78 is 5.67. The Morgan fingerprint density at radius 1 is 1.20 bits per heavy atom. The minimum atomic E-state index is -0.729. The van der Waals surface area contributed by atoms with Gasteiger partial charge in [-0.1, -0.05) is 37.3 Å². The molecule has 1 saturated carbocycles. The van der Waals surface area contributed by atoms with Crippen molar-refractivity contribution in [1.82, 2.24) is 10.6 Å². The minimum Gasteiger partial charge on any atom is -0.481 e. The summed E-state index contributed by atoms with van der Waals surface area (Å²) in [5.74, 6) is -0.771. The van der Waals surface area contributed by atoms with Gasteiger partial charge in [0.1, 0.15) is 0 Å². The number of carboxylic acids is 1. The van der Waals surface area contributed by atoms with Crippen LogP contribution in [0.15, 0.2) is 30.3 Å². The number of amides is 2. The van der Waals surface area contributed by atoms with Crippen molar-refractivity contribution >= 4 is 12.0 Å². The Hall–Kier alpha value is -2.08. The molecule has 6 nitrogen and oxygen atoms in total. The highest BCUT2D eigenvalue weighted by Gasteiger charge is 2.26. The number of aliphatic carboxylic acids is 1. The van der Waals surface area contributed by atoms with Gasteiger partial charge in [-0.2, -0.15) is 0 Å². The highest BCUT2D eigenvalue weighted by Crippen LogP contribution is 2.24. The number of carbonyl (C=O) groups is 2. The van der Waals surface area contributed by atoms with Crippen molar-refractivity contribution in [3.05, 3.63) is 35.9 Å². The minimum absolute atomic E-state index is 0.0697. The zero-order chi connectivity index (χ0) is 18.1. The monoisotopic (exact) mass is 348 g/mol. The lowest BCUT2D eigenvalue weighted by atomic mass is 9.86. The molecule has 0 spiro atoms. The number of nitrogens with one attached hydrogen (secondary N) is 2. The smallest absolute Gasteiger partial charge is 0.315 e. The summed E-state index contributed by atoms with van der Waals surface area (Å²) in [5, 5.41) is 14.8. The first-order valence-corrected chi connectivity index (χ1v) is 8.93. The fourth-order valence-corrected chi connectivity index (χ4v) is 3.00. The van der Waals surface area contributed by atoms with Gasteiger partial charge in [0.2, 0.25) is 0 Å². The second-order valence-electron chi connectivity index (χ2n) is 6.85. The first-order chi connectivity index (χ1) is 12.0. The van der Waals surface area contributed by atoms with Gasteiger partial charge < -0.3 is 20.5 Å². The summed E-state index contributed by atoms with van der Waals surface area (Å²) in [6, 6.07) is 9.87. The lowest BCUT2D eigenvalue weighted by Crippen LogP contribution is -2.45. The molecule has 1 atom stereocenters. The molecule has 1 aromatic carbocycles. The molecule has 1 unspecified atom stereocenters. The zero-order valence-electron chi connectivity index (χ0n) is 14.7. The van der Waals surface area contributed by atoms with E-state index in [-0.39, 0.29) is 23.9 Å². The second-order valence-corrected chi connectivity index (χ2v) is 6.85. The van der Waals surface area contributed by atoms with E-state index in [9.17, 15) is 9.59 Å². The van der Waals surface area contributed by atoms with E-state index in [1.165, 1.54) is 0 Å². The number of carbonyl (C=O) groups excluding carboxylic acids is 1. The van der Waals surface area contributed by atoms with Gasteiger partial charge in [0, 0.05) is 12.6 Å². The summed E-state index contributed by atoms with van der Waals surface area (Å²) in [7, 11) is 0. The molecule has 0 bridgehead atoms. The summed E-state index contributed by atoms with van der Waals surface area (Å²) in [5.41, 5.74) is 1.14. The maximum Gasteiger partial charge on any atom is 0.315 e. The van der Waals surface area contributed by atoms with E-state index in [4.69, 9.17) is 9.84 Å². The van der Waals surface area contributed by atoms with Gasteiger partial charge in [0.25, 0.3) is 0 Å². The largest absolute Gasteiger partial charge is 0.481 e. The van der Waals surface area contributed by atoms with Crippen LogP contribution in [-0.2, 0) is 16.1 Å². The molecule has 1 fully saturated rings. The standard InChI is InChI=1S/C19H28N2O4/c1-14(12-25-13-15-5-3-2-4-6-15)11-20-19(24)21-17-9-7-16(8-10-17)18(22)23/h2-6,14,16-17H,7-13H2,1H3,(H,22,23)(H2,20,21,24). The fraction of sp³-hybridized carbons (Fsp3) is 0.579. The van der Waals surface area contributed by atoms with E-state index in [1.807, 2.05) is 37.3 Å². The van der Waals surface area contributed by atoms with Crippen molar-refractivity contribution in [2.24, 2.45) is 11.8 Å². The van der Waals surface area contributed by atoms with Crippen molar-refractivity contribution in [3.63, 3.8) is 0 Å². The molecule has 0 saturated heterocycles. The molecule has 3 N–H and O–H groups in total. The highest BCUT2D eigenvalue weighted by atomic mass is 16.5. The van der Waals surface area contributed by atoms with E-state index < -0.39 is 5.97 Å². The molecule has 0 radical (unpaired) electrons. The molecule has 0 heterocycles. The van der Waals surface area contributed by atoms with Crippen LogP contribution in [0.25, 0.3) is 0 Å². The predicted molar refractivity (Wildman–Crippen MR) is 95.2 cm³/mol. The second kappa shape index (κ2) is 10.0. The third-order valence-electron chi connectivity index (χ3n) is 4.54. The summed E-state index contributed by atoms with van der Waals surface area (Å²) in [6.07, 6.45) is 2.70. The van der Waals surface area contributed by atoms with Crippen LogP contribution in [0, 0.1) is 11.8 Å². The van der Waals surface area contributed by atoms with Crippen LogP contribution < -0.4 is 10.6 Å². The van der Waals surface area contributed by atoms with E-state index in [0.29, 0.717) is 32.6 Å². The molecule has 1 aromatic rings.